The Bertz CT molecular complexity index is 521. The summed E-state index contributed by atoms with van der Waals surface area (Å²) in [6, 6.07) is 4.95. The van der Waals surface area contributed by atoms with Gasteiger partial charge in [0, 0.05) is 5.39 Å². The lowest BCUT2D eigenvalue weighted by atomic mass is 10.2. The molecule has 0 spiro atoms. The van der Waals surface area contributed by atoms with Crippen molar-refractivity contribution in [2.75, 3.05) is 11.5 Å². The number of nitrogens with two attached hydrogens (primary N) is 2. The number of nitro benzene ring substituents is 1. The van der Waals surface area contributed by atoms with Crippen molar-refractivity contribution >= 4 is 37.8 Å². The molecule has 4 N–H and O–H groups in total. The molecular weight excluding hydrogens is 202 g/mol. The molecule has 0 aliphatic heterocycles. The van der Waals surface area contributed by atoms with Gasteiger partial charge in [-0.1, -0.05) is 6.07 Å². The van der Waals surface area contributed by atoms with Crippen molar-refractivity contribution in [2.24, 2.45) is 0 Å². The SMILES string of the molecule is Nc1cc2ccc(N)c([N+](=O)[O-])c2s1. The fourth-order valence-electron chi connectivity index (χ4n) is 1.31. The predicted molar refractivity (Wildman–Crippen MR) is 57.3 cm³/mol. The highest BCUT2D eigenvalue weighted by atomic mass is 32.1. The largest absolute Gasteiger partial charge is 0.393 e. The van der Waals surface area contributed by atoms with Crippen molar-refractivity contribution in [3.05, 3.63) is 28.3 Å². The Morgan fingerprint density at radius 2 is 2.07 bits per heavy atom. The van der Waals surface area contributed by atoms with Gasteiger partial charge < -0.3 is 11.5 Å². The molecule has 72 valence electrons. The molecule has 0 saturated heterocycles. The van der Waals surface area contributed by atoms with Crippen molar-refractivity contribution in [1.29, 1.82) is 0 Å². The second-order valence-electron chi connectivity index (χ2n) is 2.83. The van der Waals surface area contributed by atoms with Crippen LogP contribution < -0.4 is 11.5 Å². The molecule has 0 fully saturated rings. The fraction of sp³-hybridized carbons (Fsp3) is 0. The second-order valence-corrected chi connectivity index (χ2v) is 3.91. The molecule has 1 aromatic heterocycles. The molecule has 2 aromatic rings. The van der Waals surface area contributed by atoms with E-state index in [2.05, 4.69) is 0 Å². The highest BCUT2D eigenvalue weighted by Crippen LogP contribution is 2.38. The number of rotatable bonds is 1. The number of benzene rings is 1. The predicted octanol–water partition coefficient (Wildman–Crippen LogP) is 1.97. The van der Waals surface area contributed by atoms with Gasteiger partial charge in [-0.25, -0.2) is 0 Å². The maximum absolute atomic E-state index is 10.7. The van der Waals surface area contributed by atoms with E-state index in [1.807, 2.05) is 0 Å². The maximum atomic E-state index is 10.7. The van der Waals surface area contributed by atoms with Gasteiger partial charge in [0.2, 0.25) is 0 Å². The van der Waals surface area contributed by atoms with E-state index in [1.165, 1.54) is 17.4 Å². The summed E-state index contributed by atoms with van der Waals surface area (Å²) in [5.74, 6) is 0. The Kier molecular flexibility index (Phi) is 1.78. The lowest BCUT2D eigenvalue weighted by molar-refractivity contribution is -0.381. The number of nitrogen functional groups attached to an aromatic ring is 2. The Hall–Kier alpha value is -1.82. The van der Waals surface area contributed by atoms with Gasteiger partial charge >= 0.3 is 5.69 Å². The fourth-order valence-corrected chi connectivity index (χ4v) is 2.27. The number of anilines is 2. The number of nitrogens with zero attached hydrogens (tertiary/aromatic N) is 1. The molecule has 0 atom stereocenters. The van der Waals surface area contributed by atoms with Gasteiger partial charge in [-0.15, -0.1) is 11.3 Å². The average molecular weight is 209 g/mol. The van der Waals surface area contributed by atoms with Crippen LogP contribution in [0.4, 0.5) is 16.4 Å². The van der Waals surface area contributed by atoms with Crippen LogP contribution in [0, 0.1) is 10.1 Å². The van der Waals surface area contributed by atoms with Crippen LogP contribution in [-0.2, 0) is 0 Å². The zero-order valence-electron chi connectivity index (χ0n) is 7.06. The topological polar surface area (TPSA) is 95.2 Å². The minimum Gasteiger partial charge on any atom is -0.393 e. The number of hydrogen-bond donors (Lipinski definition) is 2. The summed E-state index contributed by atoms with van der Waals surface area (Å²) in [6.45, 7) is 0. The van der Waals surface area contributed by atoms with Crippen LogP contribution in [0.15, 0.2) is 18.2 Å². The molecule has 0 amide bonds. The first-order chi connectivity index (χ1) is 6.59. The van der Waals surface area contributed by atoms with Crippen LogP contribution in [0.1, 0.15) is 0 Å². The van der Waals surface area contributed by atoms with E-state index in [1.54, 1.807) is 12.1 Å². The van der Waals surface area contributed by atoms with Crippen LogP contribution in [0.25, 0.3) is 10.1 Å². The van der Waals surface area contributed by atoms with Crippen LogP contribution in [0.3, 0.4) is 0 Å². The van der Waals surface area contributed by atoms with Crippen molar-refractivity contribution in [1.82, 2.24) is 0 Å². The summed E-state index contributed by atoms with van der Waals surface area (Å²) in [5, 5.41) is 12.0. The number of fused-ring (bicyclic) bond motifs is 1. The molecule has 5 nitrogen and oxygen atoms in total. The summed E-state index contributed by atoms with van der Waals surface area (Å²) in [4.78, 5) is 10.3. The summed E-state index contributed by atoms with van der Waals surface area (Å²) >= 11 is 1.18. The van der Waals surface area contributed by atoms with Gasteiger partial charge in [-0.2, -0.15) is 0 Å². The molecule has 6 heteroatoms. The van der Waals surface area contributed by atoms with Gasteiger partial charge in [0.15, 0.2) is 0 Å². The molecule has 1 heterocycles. The van der Waals surface area contributed by atoms with E-state index in [0.29, 0.717) is 9.70 Å². The molecule has 2 rings (SSSR count). The first-order valence-corrected chi connectivity index (χ1v) is 4.63. The maximum Gasteiger partial charge on any atom is 0.309 e. The van der Waals surface area contributed by atoms with Gasteiger partial charge in [0.1, 0.15) is 10.4 Å². The normalized spacial score (nSPS) is 10.6. The molecule has 0 aliphatic rings. The third-order valence-electron chi connectivity index (χ3n) is 1.89. The number of nitro groups is 1. The smallest absolute Gasteiger partial charge is 0.309 e. The van der Waals surface area contributed by atoms with E-state index in [4.69, 9.17) is 11.5 Å². The van der Waals surface area contributed by atoms with Crippen molar-refractivity contribution in [3.63, 3.8) is 0 Å². The van der Waals surface area contributed by atoms with Crippen LogP contribution >= 0.6 is 11.3 Å². The van der Waals surface area contributed by atoms with E-state index < -0.39 is 4.92 Å². The van der Waals surface area contributed by atoms with Crippen LogP contribution in [0.5, 0.6) is 0 Å². The first kappa shape index (κ1) is 8.76. The Balaban J connectivity index is 2.88. The molecular formula is C8H7N3O2S. The Morgan fingerprint density at radius 1 is 1.36 bits per heavy atom. The Labute approximate surface area is 83.1 Å². The van der Waals surface area contributed by atoms with Crippen molar-refractivity contribution < 1.29 is 4.92 Å². The molecule has 0 saturated carbocycles. The van der Waals surface area contributed by atoms with Gasteiger partial charge in [-0.3, -0.25) is 10.1 Å². The summed E-state index contributed by atoms with van der Waals surface area (Å²) in [7, 11) is 0. The minimum absolute atomic E-state index is 0.0517. The van der Waals surface area contributed by atoms with Gasteiger partial charge in [-0.05, 0) is 12.1 Å². The molecule has 14 heavy (non-hydrogen) atoms. The summed E-state index contributed by atoms with van der Waals surface area (Å²) in [6.07, 6.45) is 0. The molecule has 0 unspecified atom stereocenters. The highest BCUT2D eigenvalue weighted by molar-refractivity contribution is 7.23. The highest BCUT2D eigenvalue weighted by Gasteiger charge is 2.18. The van der Waals surface area contributed by atoms with E-state index in [9.17, 15) is 10.1 Å². The van der Waals surface area contributed by atoms with Crippen molar-refractivity contribution in [3.8, 4) is 0 Å². The molecule has 1 aromatic carbocycles. The summed E-state index contributed by atoms with van der Waals surface area (Å²) < 4.78 is 0.535. The van der Waals surface area contributed by atoms with E-state index in [0.717, 1.165) is 5.39 Å². The minimum atomic E-state index is -0.479. The van der Waals surface area contributed by atoms with Crippen LogP contribution in [0.2, 0.25) is 0 Å². The molecule has 0 radical (unpaired) electrons. The second kappa shape index (κ2) is 2.85. The van der Waals surface area contributed by atoms with E-state index >= 15 is 0 Å². The van der Waals surface area contributed by atoms with Gasteiger partial charge in [0.05, 0.1) is 9.92 Å². The first-order valence-electron chi connectivity index (χ1n) is 3.81. The quantitative estimate of drug-likeness (QED) is 0.426. The third-order valence-corrected chi connectivity index (χ3v) is 2.88. The lowest BCUT2D eigenvalue weighted by Crippen LogP contribution is -1.94. The third kappa shape index (κ3) is 1.16. The monoisotopic (exact) mass is 209 g/mol. The summed E-state index contributed by atoms with van der Waals surface area (Å²) in [5.41, 5.74) is 11.2. The standard InChI is InChI=1S/C8H7N3O2S/c9-5-2-1-4-3-6(10)14-8(4)7(5)11(12)13/h1-3H,9-10H2. The van der Waals surface area contributed by atoms with Crippen molar-refractivity contribution in [2.45, 2.75) is 0 Å². The van der Waals surface area contributed by atoms with Gasteiger partial charge in [0.25, 0.3) is 0 Å². The number of hydrogen-bond acceptors (Lipinski definition) is 5. The molecule has 0 bridgehead atoms. The zero-order chi connectivity index (χ0) is 10.3. The zero-order valence-corrected chi connectivity index (χ0v) is 7.88. The molecule has 0 aliphatic carbocycles. The van der Waals surface area contributed by atoms with Crippen LogP contribution in [-0.4, -0.2) is 4.92 Å². The lowest BCUT2D eigenvalue weighted by Gasteiger charge is -1.96. The van der Waals surface area contributed by atoms with E-state index in [-0.39, 0.29) is 11.4 Å². The number of thiophene rings is 1. The average Bonchev–Trinajstić information content (AvgIpc) is 2.43. The Morgan fingerprint density at radius 3 is 2.71 bits per heavy atom.